The van der Waals surface area contributed by atoms with Crippen molar-refractivity contribution < 1.29 is 28.8 Å². The van der Waals surface area contributed by atoms with Crippen LogP contribution in [0.1, 0.15) is 64.2 Å². The fourth-order valence-electron chi connectivity index (χ4n) is 5.15. The van der Waals surface area contributed by atoms with Gasteiger partial charge in [0.25, 0.3) is 0 Å². The lowest BCUT2D eigenvalue weighted by Crippen LogP contribution is -2.64. The summed E-state index contributed by atoms with van der Waals surface area (Å²) >= 11 is 0. The summed E-state index contributed by atoms with van der Waals surface area (Å²) in [6, 6.07) is 0. The molecule has 3 heterocycles. The first-order valence-electron chi connectivity index (χ1n) is 9.70. The smallest absolute Gasteiger partial charge is 0.184 e. The van der Waals surface area contributed by atoms with Crippen LogP contribution in [0.3, 0.4) is 0 Å². The first-order valence-corrected chi connectivity index (χ1v) is 9.70. The molecule has 2 saturated carbocycles. The van der Waals surface area contributed by atoms with Crippen molar-refractivity contribution in [2.24, 2.45) is 0 Å². The third kappa shape index (κ3) is 2.54. The Morgan fingerprint density at radius 2 is 1.25 bits per heavy atom. The maximum Gasteiger partial charge on any atom is 0.184 e. The van der Waals surface area contributed by atoms with E-state index in [1.165, 1.54) is 12.8 Å². The van der Waals surface area contributed by atoms with E-state index in [0.29, 0.717) is 6.61 Å². The summed E-state index contributed by atoms with van der Waals surface area (Å²) in [5.41, 5.74) is 0. The lowest BCUT2D eigenvalue weighted by atomic mass is 9.90. The normalized spacial score (nSPS) is 46.6. The van der Waals surface area contributed by atoms with Crippen molar-refractivity contribution in [1.82, 2.24) is 0 Å². The first kappa shape index (κ1) is 16.0. The summed E-state index contributed by atoms with van der Waals surface area (Å²) < 4.78 is 30.9. The van der Waals surface area contributed by atoms with Crippen LogP contribution in [0.2, 0.25) is 0 Å². The van der Waals surface area contributed by atoms with Gasteiger partial charge in [0.1, 0.15) is 24.4 Å². The topological polar surface area (TPSA) is 66.4 Å². The lowest BCUT2D eigenvalue weighted by Gasteiger charge is -2.50. The third-order valence-corrected chi connectivity index (χ3v) is 6.40. The largest absolute Gasteiger partial charge is 0.366 e. The Hall–Kier alpha value is -0.240. The van der Waals surface area contributed by atoms with E-state index in [-0.39, 0.29) is 18.3 Å². The maximum atomic E-state index is 10.4. The van der Waals surface area contributed by atoms with E-state index in [2.05, 4.69) is 0 Å². The molecule has 6 heteroatoms. The molecule has 0 amide bonds. The van der Waals surface area contributed by atoms with E-state index in [0.717, 1.165) is 51.4 Å². The molecular weight excluding hydrogens is 312 g/mol. The zero-order chi connectivity index (χ0) is 16.2. The van der Waals surface area contributed by atoms with Gasteiger partial charge in [0.05, 0.1) is 6.61 Å². The monoisotopic (exact) mass is 340 g/mol. The number of ether oxygens (including phenoxy) is 5. The highest BCUT2D eigenvalue weighted by atomic mass is 16.8. The molecule has 0 aromatic rings. The van der Waals surface area contributed by atoms with Crippen LogP contribution >= 0.6 is 0 Å². The van der Waals surface area contributed by atoms with Crippen LogP contribution in [0.5, 0.6) is 0 Å². The molecule has 24 heavy (non-hydrogen) atoms. The highest BCUT2D eigenvalue weighted by Gasteiger charge is 2.61. The van der Waals surface area contributed by atoms with Crippen LogP contribution in [0.25, 0.3) is 0 Å². The van der Waals surface area contributed by atoms with Gasteiger partial charge < -0.3 is 28.8 Å². The van der Waals surface area contributed by atoms with Crippen LogP contribution in [0.15, 0.2) is 0 Å². The standard InChI is InChI=1S/C18H28O6/c19-16-15-14(23-18(24-15)9-5-2-6-10-18)13-12(21-16)11-20-17(22-13)7-3-1-4-8-17/h12-16,19H,1-11H2/t12-,13+,14-,15+,16-/m1/s1. The Morgan fingerprint density at radius 3 is 1.96 bits per heavy atom. The summed E-state index contributed by atoms with van der Waals surface area (Å²) in [4.78, 5) is 0. The van der Waals surface area contributed by atoms with Crippen LogP contribution in [-0.2, 0) is 23.7 Å². The lowest BCUT2D eigenvalue weighted by molar-refractivity contribution is -0.382. The Bertz CT molecular complexity index is 470. The summed E-state index contributed by atoms with van der Waals surface area (Å²) in [5, 5.41) is 10.4. The number of aliphatic hydroxyl groups is 1. The molecule has 0 unspecified atom stereocenters. The van der Waals surface area contributed by atoms with Gasteiger partial charge in [-0.3, -0.25) is 0 Å². The summed E-state index contributed by atoms with van der Waals surface area (Å²) in [7, 11) is 0. The minimum atomic E-state index is -0.967. The van der Waals surface area contributed by atoms with Gasteiger partial charge in [-0.25, -0.2) is 0 Å². The van der Waals surface area contributed by atoms with E-state index in [1.54, 1.807) is 0 Å². The first-order chi connectivity index (χ1) is 11.7. The van der Waals surface area contributed by atoms with Gasteiger partial charge in [0.15, 0.2) is 17.9 Å². The van der Waals surface area contributed by atoms with Crippen molar-refractivity contribution in [1.29, 1.82) is 0 Å². The number of aliphatic hydroxyl groups excluding tert-OH is 1. The molecular formula is C18H28O6. The number of fused-ring (bicyclic) bond motifs is 3. The molecule has 6 nitrogen and oxygen atoms in total. The average Bonchev–Trinajstić information content (AvgIpc) is 2.97. The highest BCUT2D eigenvalue weighted by Crippen LogP contribution is 2.48. The van der Waals surface area contributed by atoms with Crippen LogP contribution in [0, 0.1) is 0 Å². The summed E-state index contributed by atoms with van der Waals surface area (Å²) in [6.07, 6.45) is 8.43. The minimum absolute atomic E-state index is 0.216. The van der Waals surface area contributed by atoms with Gasteiger partial charge in [-0.05, 0) is 25.7 Å². The zero-order valence-electron chi connectivity index (χ0n) is 14.2. The molecule has 0 bridgehead atoms. The Kier molecular flexibility index (Phi) is 3.92. The molecule has 2 aliphatic carbocycles. The van der Waals surface area contributed by atoms with Gasteiger partial charge in [-0.15, -0.1) is 0 Å². The van der Waals surface area contributed by atoms with Crippen LogP contribution in [0.4, 0.5) is 0 Å². The van der Waals surface area contributed by atoms with Crippen molar-refractivity contribution in [2.75, 3.05) is 6.61 Å². The number of hydrogen-bond acceptors (Lipinski definition) is 6. The van der Waals surface area contributed by atoms with E-state index in [9.17, 15) is 5.11 Å². The van der Waals surface area contributed by atoms with Gasteiger partial charge in [0, 0.05) is 25.7 Å². The van der Waals surface area contributed by atoms with Gasteiger partial charge in [0.2, 0.25) is 0 Å². The Balaban J connectivity index is 1.38. The van der Waals surface area contributed by atoms with E-state index in [1.807, 2.05) is 0 Å². The molecule has 136 valence electrons. The average molecular weight is 340 g/mol. The van der Waals surface area contributed by atoms with Gasteiger partial charge in [-0.2, -0.15) is 0 Å². The molecule has 5 atom stereocenters. The Labute approximate surface area is 142 Å². The van der Waals surface area contributed by atoms with Crippen molar-refractivity contribution in [3.8, 4) is 0 Å². The maximum absolute atomic E-state index is 10.4. The van der Waals surface area contributed by atoms with Gasteiger partial charge >= 0.3 is 0 Å². The molecule has 0 aromatic carbocycles. The fourth-order valence-corrected chi connectivity index (χ4v) is 5.15. The van der Waals surface area contributed by atoms with Crippen molar-refractivity contribution in [3.63, 3.8) is 0 Å². The minimum Gasteiger partial charge on any atom is -0.366 e. The fraction of sp³-hybridized carbons (Fsp3) is 1.00. The second-order valence-corrected chi connectivity index (χ2v) is 8.07. The SMILES string of the molecule is O[C@@H]1O[C@@H]2COC3(CCCCC3)O[C@@H]2[C@H]2OC3(CCCCC3)O[C@@H]21. The number of hydrogen-bond donors (Lipinski definition) is 1. The van der Waals surface area contributed by atoms with E-state index in [4.69, 9.17) is 23.7 Å². The zero-order valence-corrected chi connectivity index (χ0v) is 14.2. The summed E-state index contributed by atoms with van der Waals surface area (Å²) in [5.74, 6) is -1.03. The van der Waals surface area contributed by atoms with Crippen molar-refractivity contribution in [3.05, 3.63) is 0 Å². The van der Waals surface area contributed by atoms with Crippen molar-refractivity contribution >= 4 is 0 Å². The predicted molar refractivity (Wildman–Crippen MR) is 83.1 cm³/mol. The summed E-state index contributed by atoms with van der Waals surface area (Å²) in [6.45, 7) is 0.460. The molecule has 0 radical (unpaired) electrons. The highest BCUT2D eigenvalue weighted by molar-refractivity contribution is 5.01. The predicted octanol–water partition coefficient (Wildman–Crippen LogP) is 2.22. The van der Waals surface area contributed by atoms with Crippen LogP contribution in [-0.4, -0.2) is 54.0 Å². The molecule has 5 aliphatic rings. The quantitative estimate of drug-likeness (QED) is 0.729. The van der Waals surface area contributed by atoms with E-state index >= 15 is 0 Å². The molecule has 2 spiro atoms. The van der Waals surface area contributed by atoms with Crippen LogP contribution < -0.4 is 0 Å². The second-order valence-electron chi connectivity index (χ2n) is 8.07. The number of rotatable bonds is 0. The second kappa shape index (κ2) is 5.89. The van der Waals surface area contributed by atoms with Crippen molar-refractivity contribution in [2.45, 2.75) is 106 Å². The molecule has 5 rings (SSSR count). The Morgan fingerprint density at radius 1 is 0.667 bits per heavy atom. The molecule has 3 saturated heterocycles. The van der Waals surface area contributed by atoms with Gasteiger partial charge in [-0.1, -0.05) is 12.8 Å². The molecule has 5 fully saturated rings. The van der Waals surface area contributed by atoms with E-state index < -0.39 is 24.0 Å². The molecule has 1 N–H and O–H groups in total. The molecule has 3 aliphatic heterocycles. The molecule has 0 aromatic heterocycles. The third-order valence-electron chi connectivity index (χ3n) is 6.40.